The third-order valence-electron chi connectivity index (χ3n) is 5.83. The fourth-order valence-corrected chi connectivity index (χ4v) is 4.50. The molecule has 0 aliphatic carbocycles. The summed E-state index contributed by atoms with van der Waals surface area (Å²) in [7, 11) is 0. The van der Waals surface area contributed by atoms with Gasteiger partial charge in [-0.05, 0) is 62.9 Å². The SMILES string of the molecule is CSc1nnc([C@H](CC(C)C)C(=O)NC(=O)[C@@H]2CCCCN2CCCc2ccccc2)o1. The van der Waals surface area contributed by atoms with Crippen LogP contribution in [-0.4, -0.2) is 52.3 Å². The zero-order valence-corrected chi connectivity index (χ0v) is 20.1. The maximum Gasteiger partial charge on any atom is 0.276 e. The van der Waals surface area contributed by atoms with Crippen LogP contribution in [0.15, 0.2) is 40.0 Å². The van der Waals surface area contributed by atoms with Crippen LogP contribution in [0.25, 0.3) is 0 Å². The lowest BCUT2D eigenvalue weighted by molar-refractivity contribution is -0.135. The fourth-order valence-electron chi connectivity index (χ4n) is 4.21. The van der Waals surface area contributed by atoms with Crippen molar-refractivity contribution >= 4 is 23.6 Å². The summed E-state index contributed by atoms with van der Waals surface area (Å²) in [5.74, 6) is -0.670. The molecule has 2 aromatic rings. The average Bonchev–Trinajstić information content (AvgIpc) is 3.27. The summed E-state index contributed by atoms with van der Waals surface area (Å²) < 4.78 is 5.62. The van der Waals surface area contributed by atoms with E-state index in [1.54, 1.807) is 0 Å². The Morgan fingerprint density at radius 3 is 2.69 bits per heavy atom. The molecule has 1 aliphatic heterocycles. The van der Waals surface area contributed by atoms with E-state index < -0.39 is 5.92 Å². The Morgan fingerprint density at radius 1 is 1.22 bits per heavy atom. The van der Waals surface area contributed by atoms with Crippen molar-refractivity contribution in [3.63, 3.8) is 0 Å². The molecule has 1 fully saturated rings. The number of imide groups is 1. The van der Waals surface area contributed by atoms with Gasteiger partial charge in [-0.3, -0.25) is 19.8 Å². The van der Waals surface area contributed by atoms with E-state index in [-0.39, 0.29) is 29.7 Å². The molecule has 1 aliphatic rings. The number of nitrogens with one attached hydrogen (secondary N) is 1. The molecule has 0 spiro atoms. The van der Waals surface area contributed by atoms with Crippen molar-refractivity contribution in [3.8, 4) is 0 Å². The monoisotopic (exact) mass is 458 g/mol. The molecule has 3 rings (SSSR count). The third kappa shape index (κ3) is 6.90. The Balaban J connectivity index is 1.60. The highest BCUT2D eigenvalue weighted by Gasteiger charge is 2.33. The van der Waals surface area contributed by atoms with Gasteiger partial charge in [0.2, 0.25) is 17.7 Å². The predicted molar refractivity (Wildman–Crippen MR) is 125 cm³/mol. The molecule has 1 aromatic carbocycles. The number of aryl methyl sites for hydroxylation is 1. The highest BCUT2D eigenvalue weighted by molar-refractivity contribution is 7.98. The number of likely N-dealkylation sites (tertiary alicyclic amines) is 1. The van der Waals surface area contributed by atoms with Crippen molar-refractivity contribution < 1.29 is 14.0 Å². The van der Waals surface area contributed by atoms with Gasteiger partial charge in [0.25, 0.3) is 5.22 Å². The van der Waals surface area contributed by atoms with E-state index >= 15 is 0 Å². The molecule has 0 unspecified atom stereocenters. The second-order valence-corrected chi connectivity index (χ2v) is 9.54. The number of rotatable bonds is 10. The summed E-state index contributed by atoms with van der Waals surface area (Å²) in [6.45, 7) is 5.79. The summed E-state index contributed by atoms with van der Waals surface area (Å²) in [6, 6.07) is 10.1. The van der Waals surface area contributed by atoms with Gasteiger partial charge in [0, 0.05) is 0 Å². The summed E-state index contributed by atoms with van der Waals surface area (Å²) in [5.41, 5.74) is 1.31. The van der Waals surface area contributed by atoms with E-state index in [4.69, 9.17) is 4.42 Å². The molecule has 1 aromatic heterocycles. The van der Waals surface area contributed by atoms with Crippen LogP contribution in [0.2, 0.25) is 0 Å². The van der Waals surface area contributed by atoms with Crippen LogP contribution in [0.5, 0.6) is 0 Å². The molecule has 0 bridgehead atoms. The van der Waals surface area contributed by atoms with Crippen LogP contribution in [0.4, 0.5) is 0 Å². The van der Waals surface area contributed by atoms with Crippen molar-refractivity contribution in [2.75, 3.05) is 19.3 Å². The summed E-state index contributed by atoms with van der Waals surface area (Å²) in [5, 5.41) is 11.1. The van der Waals surface area contributed by atoms with E-state index in [2.05, 4.69) is 44.7 Å². The molecule has 2 atom stereocenters. The molecule has 1 N–H and O–H groups in total. The molecule has 174 valence electrons. The molecular weight excluding hydrogens is 424 g/mol. The number of piperidine rings is 1. The second kappa shape index (κ2) is 12.2. The Bertz CT molecular complexity index is 871. The smallest absolute Gasteiger partial charge is 0.276 e. The minimum atomic E-state index is -0.623. The van der Waals surface area contributed by atoms with Crippen molar-refractivity contribution in [2.24, 2.45) is 5.92 Å². The topological polar surface area (TPSA) is 88.3 Å². The maximum absolute atomic E-state index is 13.1. The van der Waals surface area contributed by atoms with E-state index in [9.17, 15) is 9.59 Å². The molecule has 0 saturated carbocycles. The van der Waals surface area contributed by atoms with Crippen LogP contribution in [0.3, 0.4) is 0 Å². The fraction of sp³-hybridized carbons (Fsp3) is 0.583. The van der Waals surface area contributed by atoms with Crippen LogP contribution in [-0.2, 0) is 16.0 Å². The predicted octanol–water partition coefficient (Wildman–Crippen LogP) is 4.05. The summed E-state index contributed by atoms with van der Waals surface area (Å²) in [4.78, 5) is 28.4. The zero-order chi connectivity index (χ0) is 22.9. The van der Waals surface area contributed by atoms with Crippen LogP contribution in [0, 0.1) is 5.92 Å². The van der Waals surface area contributed by atoms with Crippen molar-refractivity contribution in [3.05, 3.63) is 41.8 Å². The molecule has 1 saturated heterocycles. The molecule has 8 heteroatoms. The molecule has 32 heavy (non-hydrogen) atoms. The van der Waals surface area contributed by atoms with Gasteiger partial charge >= 0.3 is 0 Å². The van der Waals surface area contributed by atoms with Gasteiger partial charge in [0.15, 0.2) is 0 Å². The van der Waals surface area contributed by atoms with E-state index in [1.807, 2.05) is 26.2 Å². The van der Waals surface area contributed by atoms with Gasteiger partial charge in [-0.25, -0.2) is 0 Å². The van der Waals surface area contributed by atoms with Crippen LogP contribution >= 0.6 is 11.8 Å². The van der Waals surface area contributed by atoms with Gasteiger partial charge in [0.1, 0.15) is 5.92 Å². The van der Waals surface area contributed by atoms with E-state index in [1.165, 1.54) is 17.3 Å². The van der Waals surface area contributed by atoms with E-state index in [0.717, 1.165) is 45.2 Å². The first-order valence-corrected chi connectivity index (χ1v) is 12.7. The van der Waals surface area contributed by atoms with E-state index in [0.29, 0.717) is 11.6 Å². The highest BCUT2D eigenvalue weighted by atomic mass is 32.2. The number of amides is 2. The normalized spacial score (nSPS) is 17.9. The number of carbonyl (C=O) groups excluding carboxylic acids is 2. The number of benzene rings is 1. The number of hydrogen-bond donors (Lipinski definition) is 1. The maximum atomic E-state index is 13.1. The number of aromatic nitrogens is 2. The first-order valence-electron chi connectivity index (χ1n) is 11.5. The number of thioether (sulfide) groups is 1. The average molecular weight is 459 g/mol. The van der Waals surface area contributed by atoms with Gasteiger partial charge in [-0.1, -0.05) is 62.4 Å². The quantitative estimate of drug-likeness (QED) is 0.537. The standard InChI is InChI=1S/C24H34N4O3S/c1-17(2)16-19(23-26-27-24(31-23)32-3)21(29)25-22(30)20-13-7-8-14-28(20)15-9-12-18-10-5-4-6-11-18/h4-6,10-11,17,19-20H,7-9,12-16H2,1-3H3,(H,25,29,30)/t19-,20+/m1/s1. The van der Waals surface area contributed by atoms with Crippen molar-refractivity contribution in [2.45, 2.75) is 69.6 Å². The minimum Gasteiger partial charge on any atom is -0.415 e. The number of hydrogen-bond acceptors (Lipinski definition) is 7. The number of nitrogens with zero attached hydrogens (tertiary/aromatic N) is 3. The Kier molecular flexibility index (Phi) is 9.29. The molecular formula is C24H34N4O3S. The van der Waals surface area contributed by atoms with Crippen LogP contribution < -0.4 is 5.32 Å². The first kappa shape index (κ1) is 24.5. The van der Waals surface area contributed by atoms with Gasteiger partial charge < -0.3 is 4.42 Å². The Labute approximate surface area is 194 Å². The highest BCUT2D eigenvalue weighted by Crippen LogP contribution is 2.26. The third-order valence-corrected chi connectivity index (χ3v) is 6.35. The molecule has 0 radical (unpaired) electrons. The first-order chi connectivity index (χ1) is 15.5. The Morgan fingerprint density at radius 2 is 2.00 bits per heavy atom. The van der Waals surface area contributed by atoms with Gasteiger partial charge in [-0.15, -0.1) is 10.2 Å². The Hall–Kier alpha value is -2.19. The summed E-state index contributed by atoms with van der Waals surface area (Å²) >= 11 is 1.33. The van der Waals surface area contributed by atoms with Gasteiger partial charge in [0.05, 0.1) is 6.04 Å². The lowest BCUT2D eigenvalue weighted by Crippen LogP contribution is -2.51. The van der Waals surface area contributed by atoms with Crippen molar-refractivity contribution in [1.29, 1.82) is 0 Å². The van der Waals surface area contributed by atoms with Gasteiger partial charge in [-0.2, -0.15) is 0 Å². The largest absolute Gasteiger partial charge is 0.415 e. The summed E-state index contributed by atoms with van der Waals surface area (Å²) in [6.07, 6.45) is 7.20. The molecule has 7 nitrogen and oxygen atoms in total. The zero-order valence-electron chi connectivity index (χ0n) is 19.3. The molecule has 2 amide bonds. The lowest BCUT2D eigenvalue weighted by atomic mass is 9.95. The lowest BCUT2D eigenvalue weighted by Gasteiger charge is -2.34. The minimum absolute atomic E-state index is 0.215. The molecule has 2 heterocycles. The number of carbonyl (C=O) groups is 2. The van der Waals surface area contributed by atoms with Crippen molar-refractivity contribution in [1.82, 2.24) is 20.4 Å². The van der Waals surface area contributed by atoms with Crippen LogP contribution in [0.1, 0.15) is 63.3 Å². The second-order valence-electron chi connectivity index (χ2n) is 8.78.